The number of aliphatic hydroxyl groups is 1. The number of aliphatic hydroxyl groups excluding tert-OH is 1. The summed E-state index contributed by atoms with van der Waals surface area (Å²) in [4.78, 5) is 2.19. The first-order valence-corrected chi connectivity index (χ1v) is 4.19. The standard InChI is InChI=1S/C9H15NO/c1-2-3-4-6-10-7-5-9(11)8-10/h9,11H,2,5-8H2,1H3/t9-/m0/s1. The summed E-state index contributed by atoms with van der Waals surface area (Å²) in [5.41, 5.74) is 0. The molecular formula is C9H15NO. The van der Waals surface area contributed by atoms with Crippen molar-refractivity contribution in [2.24, 2.45) is 0 Å². The number of hydrogen-bond donors (Lipinski definition) is 1. The quantitative estimate of drug-likeness (QED) is 0.553. The van der Waals surface area contributed by atoms with Crippen LogP contribution in [0.2, 0.25) is 0 Å². The van der Waals surface area contributed by atoms with Crippen molar-refractivity contribution in [3.05, 3.63) is 0 Å². The number of likely N-dealkylation sites (tertiary alicyclic amines) is 1. The van der Waals surface area contributed by atoms with Gasteiger partial charge < -0.3 is 5.11 Å². The third kappa shape index (κ3) is 2.92. The van der Waals surface area contributed by atoms with Gasteiger partial charge in [0.15, 0.2) is 0 Å². The van der Waals surface area contributed by atoms with Crippen molar-refractivity contribution in [3.8, 4) is 11.8 Å². The van der Waals surface area contributed by atoms with Crippen LogP contribution in [0.1, 0.15) is 19.8 Å². The van der Waals surface area contributed by atoms with Gasteiger partial charge in [-0.3, -0.25) is 4.90 Å². The summed E-state index contributed by atoms with van der Waals surface area (Å²) in [6.07, 6.45) is 1.72. The van der Waals surface area contributed by atoms with E-state index in [0.717, 1.165) is 32.5 Å². The van der Waals surface area contributed by atoms with Gasteiger partial charge in [-0.2, -0.15) is 0 Å². The lowest BCUT2D eigenvalue weighted by molar-refractivity contribution is 0.180. The van der Waals surface area contributed by atoms with E-state index >= 15 is 0 Å². The van der Waals surface area contributed by atoms with E-state index in [2.05, 4.69) is 16.7 Å². The first-order valence-electron chi connectivity index (χ1n) is 4.19. The van der Waals surface area contributed by atoms with Crippen molar-refractivity contribution in [3.63, 3.8) is 0 Å². The minimum Gasteiger partial charge on any atom is -0.392 e. The fourth-order valence-corrected chi connectivity index (χ4v) is 1.25. The molecule has 1 heterocycles. The van der Waals surface area contributed by atoms with Crippen molar-refractivity contribution < 1.29 is 5.11 Å². The van der Waals surface area contributed by atoms with E-state index in [1.165, 1.54) is 0 Å². The van der Waals surface area contributed by atoms with Crippen molar-refractivity contribution in [1.29, 1.82) is 0 Å². The van der Waals surface area contributed by atoms with Gasteiger partial charge in [0, 0.05) is 19.5 Å². The van der Waals surface area contributed by atoms with Crippen LogP contribution < -0.4 is 0 Å². The Bertz CT molecular complexity index is 168. The van der Waals surface area contributed by atoms with Crippen molar-refractivity contribution in [2.75, 3.05) is 19.6 Å². The molecule has 0 bridgehead atoms. The smallest absolute Gasteiger partial charge is 0.0679 e. The van der Waals surface area contributed by atoms with Crippen LogP contribution >= 0.6 is 0 Å². The minimum atomic E-state index is -0.113. The zero-order valence-electron chi connectivity index (χ0n) is 7.01. The van der Waals surface area contributed by atoms with Gasteiger partial charge in [-0.25, -0.2) is 0 Å². The number of nitrogens with zero attached hydrogens (tertiary/aromatic N) is 1. The lowest BCUT2D eigenvalue weighted by Crippen LogP contribution is -2.22. The summed E-state index contributed by atoms with van der Waals surface area (Å²) >= 11 is 0. The van der Waals surface area contributed by atoms with Crippen LogP contribution in [-0.2, 0) is 0 Å². The van der Waals surface area contributed by atoms with Crippen molar-refractivity contribution in [1.82, 2.24) is 4.90 Å². The van der Waals surface area contributed by atoms with Crippen molar-refractivity contribution in [2.45, 2.75) is 25.9 Å². The Morgan fingerprint density at radius 3 is 2.91 bits per heavy atom. The molecule has 0 amide bonds. The summed E-state index contributed by atoms with van der Waals surface area (Å²) in [5.74, 6) is 6.08. The highest BCUT2D eigenvalue weighted by molar-refractivity contribution is 5.01. The molecule has 0 aromatic heterocycles. The van der Waals surface area contributed by atoms with Gasteiger partial charge in [0.05, 0.1) is 12.6 Å². The van der Waals surface area contributed by atoms with E-state index in [1.807, 2.05) is 6.92 Å². The fourth-order valence-electron chi connectivity index (χ4n) is 1.25. The zero-order chi connectivity index (χ0) is 8.10. The minimum absolute atomic E-state index is 0.113. The Morgan fingerprint density at radius 2 is 2.36 bits per heavy atom. The maximum atomic E-state index is 9.17. The third-order valence-electron chi connectivity index (χ3n) is 1.85. The van der Waals surface area contributed by atoms with Crippen LogP contribution in [-0.4, -0.2) is 35.7 Å². The third-order valence-corrected chi connectivity index (χ3v) is 1.85. The Balaban J connectivity index is 2.18. The molecule has 1 fully saturated rings. The highest BCUT2D eigenvalue weighted by Crippen LogP contribution is 2.06. The molecule has 1 saturated heterocycles. The molecule has 1 aliphatic heterocycles. The van der Waals surface area contributed by atoms with Gasteiger partial charge in [0.2, 0.25) is 0 Å². The molecule has 1 N–H and O–H groups in total. The van der Waals surface area contributed by atoms with E-state index in [1.54, 1.807) is 0 Å². The van der Waals surface area contributed by atoms with E-state index in [-0.39, 0.29) is 6.10 Å². The van der Waals surface area contributed by atoms with E-state index in [4.69, 9.17) is 5.11 Å². The first kappa shape index (κ1) is 8.58. The maximum absolute atomic E-state index is 9.17. The summed E-state index contributed by atoms with van der Waals surface area (Å²) in [7, 11) is 0. The second kappa shape index (κ2) is 4.38. The maximum Gasteiger partial charge on any atom is 0.0679 e. The molecule has 0 aromatic rings. The molecule has 0 spiro atoms. The molecule has 0 aliphatic carbocycles. The van der Waals surface area contributed by atoms with Gasteiger partial charge in [0.1, 0.15) is 0 Å². The Morgan fingerprint density at radius 1 is 1.55 bits per heavy atom. The molecule has 11 heavy (non-hydrogen) atoms. The van der Waals surface area contributed by atoms with E-state index in [0.29, 0.717) is 0 Å². The molecule has 1 atom stereocenters. The largest absolute Gasteiger partial charge is 0.392 e. The van der Waals surface area contributed by atoms with Crippen LogP contribution in [0.25, 0.3) is 0 Å². The lowest BCUT2D eigenvalue weighted by Gasteiger charge is -2.08. The van der Waals surface area contributed by atoms with Gasteiger partial charge in [-0.1, -0.05) is 12.8 Å². The first-order chi connectivity index (χ1) is 5.33. The van der Waals surface area contributed by atoms with Crippen LogP contribution in [0.15, 0.2) is 0 Å². The summed E-state index contributed by atoms with van der Waals surface area (Å²) in [5, 5.41) is 9.17. The van der Waals surface area contributed by atoms with E-state index in [9.17, 15) is 0 Å². The monoisotopic (exact) mass is 153 g/mol. The molecule has 0 saturated carbocycles. The molecule has 0 unspecified atom stereocenters. The fraction of sp³-hybridized carbons (Fsp3) is 0.778. The zero-order valence-corrected chi connectivity index (χ0v) is 7.01. The van der Waals surface area contributed by atoms with E-state index < -0.39 is 0 Å². The SMILES string of the molecule is CCC#CCN1CC[C@H](O)C1. The summed E-state index contributed by atoms with van der Waals surface area (Å²) in [6, 6.07) is 0. The molecule has 62 valence electrons. The second-order valence-corrected chi connectivity index (χ2v) is 2.88. The Hall–Kier alpha value is -0.520. The number of β-amino-alcohol motifs (C(OH)–C–C–N with tert-alkyl or cyclic N) is 1. The molecule has 0 aromatic carbocycles. The lowest BCUT2D eigenvalue weighted by atomic mass is 10.3. The summed E-state index contributed by atoms with van der Waals surface area (Å²) < 4.78 is 0. The average molecular weight is 153 g/mol. The van der Waals surface area contributed by atoms with Crippen LogP contribution in [0.4, 0.5) is 0 Å². The van der Waals surface area contributed by atoms with Crippen LogP contribution in [0, 0.1) is 11.8 Å². The molecule has 2 nitrogen and oxygen atoms in total. The molecule has 0 radical (unpaired) electrons. The van der Waals surface area contributed by atoms with Crippen LogP contribution in [0.3, 0.4) is 0 Å². The van der Waals surface area contributed by atoms with Crippen molar-refractivity contribution >= 4 is 0 Å². The molecule has 1 rings (SSSR count). The number of hydrogen-bond acceptors (Lipinski definition) is 2. The average Bonchev–Trinajstić information content (AvgIpc) is 2.37. The normalized spacial score (nSPS) is 24.7. The Kier molecular flexibility index (Phi) is 3.41. The molecule has 2 heteroatoms. The Labute approximate surface area is 68.2 Å². The van der Waals surface area contributed by atoms with Gasteiger partial charge in [-0.05, 0) is 6.42 Å². The predicted molar refractivity (Wildman–Crippen MR) is 45.1 cm³/mol. The topological polar surface area (TPSA) is 23.5 Å². The van der Waals surface area contributed by atoms with Gasteiger partial charge in [0.25, 0.3) is 0 Å². The van der Waals surface area contributed by atoms with Gasteiger partial charge in [-0.15, -0.1) is 5.92 Å². The summed E-state index contributed by atoms with van der Waals surface area (Å²) in [6.45, 7) is 4.68. The molecule has 1 aliphatic rings. The highest BCUT2D eigenvalue weighted by atomic mass is 16.3. The van der Waals surface area contributed by atoms with Gasteiger partial charge >= 0.3 is 0 Å². The van der Waals surface area contributed by atoms with Crippen LogP contribution in [0.5, 0.6) is 0 Å². The second-order valence-electron chi connectivity index (χ2n) is 2.88. The highest BCUT2D eigenvalue weighted by Gasteiger charge is 2.18. The number of rotatable bonds is 1. The molecular weight excluding hydrogens is 138 g/mol. The predicted octanol–water partition coefficient (Wildman–Crippen LogP) is 0.466.